The first kappa shape index (κ1) is 10.8. The highest BCUT2D eigenvalue weighted by Crippen LogP contribution is 2.21. The summed E-state index contributed by atoms with van der Waals surface area (Å²) in [6, 6.07) is 0. The smallest absolute Gasteiger partial charge is 0.245 e. The molecule has 2 heterocycles. The van der Waals surface area contributed by atoms with Crippen molar-refractivity contribution < 1.29 is 19.7 Å². The molecule has 1 amide bonds. The van der Waals surface area contributed by atoms with Gasteiger partial charge in [0.25, 0.3) is 0 Å². The lowest BCUT2D eigenvalue weighted by atomic mass is 9.98. The van der Waals surface area contributed by atoms with Gasteiger partial charge < -0.3 is 25.6 Å². The predicted molar refractivity (Wildman–Crippen MR) is 50.9 cm³/mol. The Kier molecular flexibility index (Phi) is 2.68. The minimum atomic E-state index is -0.968. The molecular weight excluding hydrogens is 200 g/mol. The Bertz CT molecular complexity index is 255. The number of carbonyl (C=O) groups excluding carboxylic acids is 1. The van der Waals surface area contributed by atoms with Crippen molar-refractivity contribution in [3.05, 3.63) is 0 Å². The van der Waals surface area contributed by atoms with Crippen LogP contribution in [0.2, 0.25) is 0 Å². The molecule has 0 aromatic heterocycles. The van der Waals surface area contributed by atoms with Crippen LogP contribution in [0.3, 0.4) is 0 Å². The second-order valence-electron chi connectivity index (χ2n) is 4.30. The molecule has 2 fully saturated rings. The van der Waals surface area contributed by atoms with Crippen LogP contribution in [0, 0.1) is 0 Å². The van der Waals surface area contributed by atoms with Crippen molar-refractivity contribution in [2.75, 3.05) is 26.3 Å². The number of nitrogens with two attached hydrogens (primary N) is 1. The molecule has 3 atom stereocenters. The molecule has 0 saturated carbocycles. The highest BCUT2D eigenvalue weighted by Gasteiger charge is 2.44. The van der Waals surface area contributed by atoms with E-state index in [2.05, 4.69) is 0 Å². The van der Waals surface area contributed by atoms with Crippen molar-refractivity contribution in [1.29, 1.82) is 0 Å². The van der Waals surface area contributed by atoms with Crippen LogP contribution in [0.15, 0.2) is 0 Å². The van der Waals surface area contributed by atoms with Crippen LogP contribution in [0.25, 0.3) is 0 Å². The van der Waals surface area contributed by atoms with Gasteiger partial charge in [-0.25, -0.2) is 0 Å². The average molecular weight is 216 g/mol. The van der Waals surface area contributed by atoms with Crippen LogP contribution in [0.5, 0.6) is 0 Å². The molecule has 15 heavy (non-hydrogen) atoms. The van der Waals surface area contributed by atoms with Gasteiger partial charge in [-0.1, -0.05) is 0 Å². The Morgan fingerprint density at radius 2 is 2.00 bits per heavy atom. The lowest BCUT2D eigenvalue weighted by Gasteiger charge is -2.26. The van der Waals surface area contributed by atoms with Gasteiger partial charge in [0.05, 0.1) is 18.8 Å². The normalized spacial score (nSPS) is 41.1. The zero-order valence-electron chi connectivity index (χ0n) is 8.43. The zero-order chi connectivity index (χ0) is 11.1. The van der Waals surface area contributed by atoms with E-state index in [0.29, 0.717) is 13.0 Å². The van der Waals surface area contributed by atoms with E-state index in [0.717, 1.165) is 0 Å². The number of nitrogens with zero attached hydrogens (tertiary/aromatic N) is 1. The molecule has 0 aromatic rings. The molecule has 0 aliphatic carbocycles. The van der Waals surface area contributed by atoms with Gasteiger partial charge in [-0.15, -0.1) is 0 Å². The number of hydrogen-bond donors (Lipinski definition) is 3. The predicted octanol–water partition coefficient (Wildman–Crippen LogP) is -2.33. The topological polar surface area (TPSA) is 96.0 Å². The number of ether oxygens (including phenoxy) is 1. The molecule has 0 radical (unpaired) electrons. The SMILES string of the molecule is NC1(C(=O)N2CC(O)C(O)C2)CCOC1. The maximum absolute atomic E-state index is 12.0. The van der Waals surface area contributed by atoms with Gasteiger partial charge in [0, 0.05) is 19.7 Å². The van der Waals surface area contributed by atoms with Crippen LogP contribution in [0.1, 0.15) is 6.42 Å². The molecule has 3 unspecified atom stereocenters. The summed E-state index contributed by atoms with van der Waals surface area (Å²) in [4.78, 5) is 13.4. The number of rotatable bonds is 1. The minimum absolute atomic E-state index is 0.152. The van der Waals surface area contributed by atoms with Gasteiger partial charge in [0.15, 0.2) is 0 Å². The fourth-order valence-electron chi connectivity index (χ4n) is 2.00. The van der Waals surface area contributed by atoms with Gasteiger partial charge in [-0.2, -0.15) is 0 Å². The van der Waals surface area contributed by atoms with Crippen molar-refractivity contribution in [2.24, 2.45) is 5.73 Å². The summed E-state index contributed by atoms with van der Waals surface area (Å²) in [6.07, 6.45) is -1.23. The molecule has 2 aliphatic heterocycles. The molecule has 0 bridgehead atoms. The highest BCUT2D eigenvalue weighted by atomic mass is 16.5. The van der Waals surface area contributed by atoms with Crippen molar-refractivity contribution in [3.63, 3.8) is 0 Å². The summed E-state index contributed by atoms with van der Waals surface area (Å²) in [6.45, 7) is 1.01. The Hall–Kier alpha value is -0.690. The van der Waals surface area contributed by atoms with E-state index in [1.807, 2.05) is 0 Å². The van der Waals surface area contributed by atoms with Crippen LogP contribution >= 0.6 is 0 Å². The van der Waals surface area contributed by atoms with Crippen molar-refractivity contribution in [1.82, 2.24) is 4.90 Å². The summed E-state index contributed by atoms with van der Waals surface area (Å²) in [5.41, 5.74) is 4.93. The molecular formula is C9H16N2O4. The third-order valence-corrected chi connectivity index (χ3v) is 3.02. The Balaban J connectivity index is 2.02. The number of aliphatic hydroxyl groups excluding tert-OH is 2. The van der Waals surface area contributed by atoms with Gasteiger partial charge in [-0.3, -0.25) is 4.79 Å². The molecule has 0 aromatic carbocycles. The summed E-state index contributed by atoms with van der Waals surface area (Å²) in [5, 5.41) is 18.7. The summed E-state index contributed by atoms with van der Waals surface area (Å²) in [7, 11) is 0. The van der Waals surface area contributed by atoms with E-state index >= 15 is 0 Å². The van der Waals surface area contributed by atoms with Crippen molar-refractivity contribution in [2.45, 2.75) is 24.2 Å². The maximum Gasteiger partial charge on any atom is 0.245 e. The molecule has 0 spiro atoms. The van der Waals surface area contributed by atoms with E-state index in [-0.39, 0.29) is 25.6 Å². The van der Waals surface area contributed by atoms with Crippen LogP contribution < -0.4 is 5.73 Å². The van der Waals surface area contributed by atoms with E-state index in [1.54, 1.807) is 0 Å². The van der Waals surface area contributed by atoms with Gasteiger partial charge >= 0.3 is 0 Å². The molecule has 2 saturated heterocycles. The van der Waals surface area contributed by atoms with Crippen LogP contribution in [0.4, 0.5) is 0 Å². The summed E-state index contributed by atoms with van der Waals surface area (Å²) >= 11 is 0. The fourth-order valence-corrected chi connectivity index (χ4v) is 2.00. The standard InChI is InChI=1S/C9H16N2O4/c10-9(1-2-15-5-9)8(14)11-3-6(12)7(13)4-11/h6-7,12-13H,1-5,10H2. The maximum atomic E-state index is 12.0. The molecule has 6 nitrogen and oxygen atoms in total. The molecule has 4 N–H and O–H groups in total. The highest BCUT2D eigenvalue weighted by molar-refractivity contribution is 5.87. The first-order valence-corrected chi connectivity index (χ1v) is 5.05. The second-order valence-corrected chi connectivity index (χ2v) is 4.30. The van der Waals surface area contributed by atoms with E-state index in [4.69, 9.17) is 10.5 Å². The number of β-amino-alcohol motifs (C(OH)–C–C–N with tert-alkyl or cyclic N) is 2. The van der Waals surface area contributed by atoms with Crippen molar-refractivity contribution >= 4 is 5.91 Å². The monoisotopic (exact) mass is 216 g/mol. The molecule has 86 valence electrons. The number of amides is 1. The number of aliphatic hydroxyl groups is 2. The fraction of sp³-hybridized carbons (Fsp3) is 0.889. The minimum Gasteiger partial charge on any atom is -0.388 e. The number of hydrogen-bond acceptors (Lipinski definition) is 5. The van der Waals surface area contributed by atoms with Gasteiger partial charge in [-0.05, 0) is 6.42 Å². The third kappa shape index (κ3) is 1.85. The Morgan fingerprint density at radius 1 is 1.40 bits per heavy atom. The summed E-state index contributed by atoms with van der Waals surface area (Å²) in [5.74, 6) is -0.240. The van der Waals surface area contributed by atoms with Gasteiger partial charge in [0.1, 0.15) is 5.54 Å². The molecule has 2 aliphatic rings. The lowest BCUT2D eigenvalue weighted by molar-refractivity contribution is -0.136. The average Bonchev–Trinajstić information content (AvgIpc) is 2.75. The largest absolute Gasteiger partial charge is 0.388 e. The van der Waals surface area contributed by atoms with E-state index in [1.165, 1.54) is 4.90 Å². The first-order chi connectivity index (χ1) is 7.03. The van der Waals surface area contributed by atoms with Crippen LogP contribution in [-0.4, -0.2) is 65.1 Å². The van der Waals surface area contributed by atoms with Crippen LogP contribution in [-0.2, 0) is 9.53 Å². The van der Waals surface area contributed by atoms with Gasteiger partial charge in [0.2, 0.25) is 5.91 Å². The summed E-state index contributed by atoms with van der Waals surface area (Å²) < 4.78 is 5.10. The number of likely N-dealkylation sites (tertiary alicyclic amines) is 1. The first-order valence-electron chi connectivity index (χ1n) is 5.05. The van der Waals surface area contributed by atoms with E-state index in [9.17, 15) is 15.0 Å². The quantitative estimate of drug-likeness (QED) is 0.457. The molecule has 2 rings (SSSR count). The number of carbonyl (C=O) groups is 1. The zero-order valence-corrected chi connectivity index (χ0v) is 8.43. The lowest BCUT2D eigenvalue weighted by Crippen LogP contribution is -2.55. The Morgan fingerprint density at radius 3 is 2.47 bits per heavy atom. The molecule has 6 heteroatoms. The van der Waals surface area contributed by atoms with Crippen molar-refractivity contribution in [3.8, 4) is 0 Å². The second kappa shape index (κ2) is 3.71. The Labute approximate surface area is 87.6 Å². The van der Waals surface area contributed by atoms with E-state index < -0.39 is 17.7 Å². The third-order valence-electron chi connectivity index (χ3n) is 3.02.